The second-order valence-electron chi connectivity index (χ2n) is 4.32. The summed E-state index contributed by atoms with van der Waals surface area (Å²) in [5.41, 5.74) is 4.94. The second-order valence-corrected chi connectivity index (χ2v) is 4.32. The summed E-state index contributed by atoms with van der Waals surface area (Å²) in [6.07, 6.45) is 2.68. The summed E-state index contributed by atoms with van der Waals surface area (Å²) in [6, 6.07) is 21.1. The molecule has 18 heavy (non-hydrogen) atoms. The molecule has 0 saturated carbocycles. The molecule has 0 atom stereocenters. The van der Waals surface area contributed by atoms with Gasteiger partial charge in [-0.1, -0.05) is 54.6 Å². The summed E-state index contributed by atoms with van der Waals surface area (Å²) < 4.78 is 0. The molecule has 0 spiro atoms. The Morgan fingerprint density at radius 3 is 2.17 bits per heavy atom. The minimum absolute atomic E-state index is 0.898. The fourth-order valence-electron chi connectivity index (χ4n) is 2.05. The van der Waals surface area contributed by atoms with Crippen LogP contribution < -0.4 is 0 Å². The van der Waals surface area contributed by atoms with E-state index >= 15 is 0 Å². The second kappa shape index (κ2) is 4.88. The topological polar surface area (TPSA) is 28.7 Å². The molecule has 88 valence electrons. The first-order valence-electron chi connectivity index (χ1n) is 6.04. The maximum Gasteiger partial charge on any atom is 0.0490 e. The van der Waals surface area contributed by atoms with Crippen molar-refractivity contribution >= 4 is 0 Å². The van der Waals surface area contributed by atoms with Gasteiger partial charge in [0.25, 0.3) is 0 Å². The number of hydrogen-bond acceptors (Lipinski definition) is 1. The predicted molar refractivity (Wildman–Crippen MR) is 73.3 cm³/mol. The van der Waals surface area contributed by atoms with Crippen LogP contribution in [-0.2, 0) is 6.42 Å². The molecule has 0 radical (unpaired) electrons. The molecule has 0 aliphatic heterocycles. The highest BCUT2D eigenvalue weighted by Crippen LogP contribution is 2.19. The van der Waals surface area contributed by atoms with E-state index < -0.39 is 0 Å². The van der Waals surface area contributed by atoms with Gasteiger partial charge in [-0.25, -0.2) is 0 Å². The number of H-pyrrole nitrogens is 1. The van der Waals surface area contributed by atoms with E-state index in [1.807, 2.05) is 12.1 Å². The molecule has 2 nitrogen and oxygen atoms in total. The minimum Gasteiger partial charge on any atom is -0.282 e. The first-order valence-corrected chi connectivity index (χ1v) is 6.04. The standard InChI is InChI=1S/C16H14N2/c1-2-4-14(5-3-1)15-8-6-13(7-9-15)12-16-10-11-17-18-16/h1-11H,12H2,(H,17,18). The maximum absolute atomic E-state index is 3.96. The van der Waals surface area contributed by atoms with Gasteiger partial charge in [-0.2, -0.15) is 5.10 Å². The minimum atomic E-state index is 0.898. The van der Waals surface area contributed by atoms with E-state index in [9.17, 15) is 0 Å². The van der Waals surface area contributed by atoms with Crippen LogP contribution in [0.25, 0.3) is 11.1 Å². The van der Waals surface area contributed by atoms with Crippen LogP contribution in [0.15, 0.2) is 66.9 Å². The van der Waals surface area contributed by atoms with Crippen LogP contribution in [0.1, 0.15) is 11.3 Å². The summed E-state index contributed by atoms with van der Waals surface area (Å²) >= 11 is 0. The van der Waals surface area contributed by atoms with Gasteiger partial charge >= 0.3 is 0 Å². The molecule has 1 heterocycles. The van der Waals surface area contributed by atoms with Gasteiger partial charge in [0.15, 0.2) is 0 Å². The Bertz CT molecular complexity index is 595. The van der Waals surface area contributed by atoms with Gasteiger partial charge < -0.3 is 0 Å². The Morgan fingerprint density at radius 2 is 1.50 bits per heavy atom. The Balaban J connectivity index is 1.81. The van der Waals surface area contributed by atoms with Crippen LogP contribution in [-0.4, -0.2) is 10.2 Å². The summed E-state index contributed by atoms with van der Waals surface area (Å²) in [5, 5.41) is 6.94. The lowest BCUT2D eigenvalue weighted by atomic mass is 10.0. The molecular formula is C16H14N2. The lowest BCUT2D eigenvalue weighted by Gasteiger charge is -2.03. The lowest BCUT2D eigenvalue weighted by Crippen LogP contribution is -1.88. The van der Waals surface area contributed by atoms with Gasteiger partial charge in [0.2, 0.25) is 0 Å². The average molecular weight is 234 g/mol. The smallest absolute Gasteiger partial charge is 0.0490 e. The van der Waals surface area contributed by atoms with Gasteiger partial charge in [-0.15, -0.1) is 0 Å². The Morgan fingerprint density at radius 1 is 0.778 bits per heavy atom. The van der Waals surface area contributed by atoms with E-state index in [0.29, 0.717) is 0 Å². The fourth-order valence-corrected chi connectivity index (χ4v) is 2.05. The molecule has 0 fully saturated rings. The molecule has 0 amide bonds. The molecule has 0 aliphatic rings. The third-order valence-electron chi connectivity index (χ3n) is 3.01. The molecule has 1 aromatic heterocycles. The van der Waals surface area contributed by atoms with Crippen LogP contribution in [0.2, 0.25) is 0 Å². The average Bonchev–Trinajstić information content (AvgIpc) is 2.94. The zero-order valence-corrected chi connectivity index (χ0v) is 10.0. The number of aromatic nitrogens is 2. The molecule has 0 bridgehead atoms. The molecule has 3 rings (SSSR count). The molecule has 3 aromatic rings. The van der Waals surface area contributed by atoms with Crippen molar-refractivity contribution in [3.8, 4) is 11.1 Å². The zero-order chi connectivity index (χ0) is 12.2. The number of nitrogens with one attached hydrogen (secondary N) is 1. The van der Waals surface area contributed by atoms with E-state index in [2.05, 4.69) is 58.7 Å². The van der Waals surface area contributed by atoms with Crippen LogP contribution in [0.4, 0.5) is 0 Å². The first-order chi connectivity index (χ1) is 8.92. The third kappa shape index (κ3) is 2.33. The molecule has 2 aromatic carbocycles. The monoisotopic (exact) mass is 234 g/mol. The van der Waals surface area contributed by atoms with Crippen LogP contribution >= 0.6 is 0 Å². The van der Waals surface area contributed by atoms with Crippen LogP contribution in [0, 0.1) is 0 Å². The summed E-state index contributed by atoms with van der Waals surface area (Å²) in [6.45, 7) is 0. The third-order valence-corrected chi connectivity index (χ3v) is 3.01. The van der Waals surface area contributed by atoms with Crippen molar-refractivity contribution in [2.24, 2.45) is 0 Å². The normalized spacial score (nSPS) is 10.4. The summed E-state index contributed by atoms with van der Waals surface area (Å²) in [5.74, 6) is 0. The summed E-state index contributed by atoms with van der Waals surface area (Å²) in [7, 11) is 0. The molecule has 2 heteroatoms. The highest BCUT2D eigenvalue weighted by Gasteiger charge is 1.99. The van der Waals surface area contributed by atoms with E-state index in [1.54, 1.807) is 6.20 Å². The fraction of sp³-hybridized carbons (Fsp3) is 0.0625. The van der Waals surface area contributed by atoms with Gasteiger partial charge in [-0.05, 0) is 22.8 Å². The van der Waals surface area contributed by atoms with Crippen molar-refractivity contribution in [1.82, 2.24) is 10.2 Å². The Kier molecular flexibility index (Phi) is 2.92. The van der Waals surface area contributed by atoms with Gasteiger partial charge in [0.1, 0.15) is 0 Å². The first kappa shape index (κ1) is 10.8. The highest BCUT2D eigenvalue weighted by atomic mass is 15.1. The molecule has 0 unspecified atom stereocenters. The van der Waals surface area contributed by atoms with Crippen molar-refractivity contribution in [2.45, 2.75) is 6.42 Å². The Labute approximate surface area is 106 Å². The van der Waals surface area contributed by atoms with E-state index in [4.69, 9.17) is 0 Å². The number of nitrogens with zero attached hydrogens (tertiary/aromatic N) is 1. The largest absolute Gasteiger partial charge is 0.282 e. The quantitative estimate of drug-likeness (QED) is 0.736. The SMILES string of the molecule is c1ccc(-c2ccc(Cc3ccn[nH]3)cc2)cc1. The van der Waals surface area contributed by atoms with E-state index in [0.717, 1.165) is 12.1 Å². The molecular weight excluding hydrogens is 220 g/mol. The van der Waals surface area contributed by atoms with Crippen molar-refractivity contribution in [2.75, 3.05) is 0 Å². The van der Waals surface area contributed by atoms with E-state index in [1.165, 1.54) is 16.7 Å². The number of rotatable bonds is 3. The predicted octanol–water partition coefficient (Wildman–Crippen LogP) is 3.67. The van der Waals surface area contributed by atoms with Crippen molar-refractivity contribution in [3.63, 3.8) is 0 Å². The Hall–Kier alpha value is -2.35. The van der Waals surface area contributed by atoms with Crippen molar-refractivity contribution in [3.05, 3.63) is 78.1 Å². The summed E-state index contributed by atoms with van der Waals surface area (Å²) in [4.78, 5) is 0. The molecule has 0 aliphatic carbocycles. The van der Waals surface area contributed by atoms with Crippen LogP contribution in [0.3, 0.4) is 0 Å². The number of benzene rings is 2. The van der Waals surface area contributed by atoms with Gasteiger partial charge in [0, 0.05) is 18.3 Å². The zero-order valence-electron chi connectivity index (χ0n) is 10.0. The molecule has 0 saturated heterocycles. The van der Waals surface area contributed by atoms with Crippen molar-refractivity contribution in [1.29, 1.82) is 0 Å². The number of hydrogen-bond donors (Lipinski definition) is 1. The lowest BCUT2D eigenvalue weighted by molar-refractivity contribution is 0.996. The molecule has 1 N–H and O–H groups in total. The maximum atomic E-state index is 3.96. The van der Waals surface area contributed by atoms with Crippen molar-refractivity contribution < 1.29 is 0 Å². The van der Waals surface area contributed by atoms with Crippen LogP contribution in [0.5, 0.6) is 0 Å². The highest BCUT2D eigenvalue weighted by molar-refractivity contribution is 5.63. The van der Waals surface area contributed by atoms with Gasteiger partial charge in [-0.3, -0.25) is 5.10 Å². The van der Waals surface area contributed by atoms with Gasteiger partial charge in [0.05, 0.1) is 0 Å². The van der Waals surface area contributed by atoms with E-state index in [-0.39, 0.29) is 0 Å². The number of aromatic amines is 1.